The first kappa shape index (κ1) is 47.6. The fourth-order valence-corrected chi connectivity index (χ4v) is 6.54. The number of carbonyl (C=O) groups excluding carboxylic acids is 1. The molecule has 3 N–H and O–H groups in total. The molecule has 0 bridgehead atoms. The van der Waals surface area contributed by atoms with Gasteiger partial charge >= 0.3 is 0 Å². The summed E-state index contributed by atoms with van der Waals surface area (Å²) in [4.78, 5) is 12.4. The smallest absolute Gasteiger partial charge is 0.220 e. The molecule has 49 heavy (non-hydrogen) atoms. The lowest BCUT2D eigenvalue weighted by atomic mass is 10.0. The van der Waals surface area contributed by atoms with Crippen LogP contribution in [-0.2, 0) is 4.79 Å². The zero-order valence-corrected chi connectivity index (χ0v) is 33.0. The molecule has 0 aromatic heterocycles. The van der Waals surface area contributed by atoms with Gasteiger partial charge in [-0.25, -0.2) is 0 Å². The van der Waals surface area contributed by atoms with Gasteiger partial charge in [0.2, 0.25) is 5.91 Å². The van der Waals surface area contributed by atoms with Gasteiger partial charge in [0.1, 0.15) is 0 Å². The third-order valence-electron chi connectivity index (χ3n) is 9.90. The van der Waals surface area contributed by atoms with E-state index in [2.05, 4.69) is 55.6 Å². The highest BCUT2D eigenvalue weighted by molar-refractivity contribution is 5.76. The number of amides is 1. The minimum absolute atomic E-state index is 0.0389. The third-order valence-corrected chi connectivity index (χ3v) is 9.90. The van der Waals surface area contributed by atoms with Gasteiger partial charge in [-0.3, -0.25) is 4.79 Å². The van der Waals surface area contributed by atoms with Crippen LogP contribution in [0.15, 0.2) is 36.5 Å². The van der Waals surface area contributed by atoms with Crippen LogP contribution < -0.4 is 5.32 Å². The highest BCUT2D eigenvalue weighted by Crippen LogP contribution is 2.15. The second kappa shape index (κ2) is 41.0. The molecule has 288 valence electrons. The Morgan fingerprint density at radius 3 is 1.24 bits per heavy atom. The summed E-state index contributed by atoms with van der Waals surface area (Å²) in [6, 6.07) is -0.539. The van der Waals surface area contributed by atoms with E-state index in [4.69, 9.17) is 0 Å². The predicted molar refractivity (Wildman–Crippen MR) is 216 cm³/mol. The van der Waals surface area contributed by atoms with Crippen LogP contribution in [0.25, 0.3) is 0 Å². The second-order valence-electron chi connectivity index (χ2n) is 14.8. The molecule has 2 unspecified atom stereocenters. The van der Waals surface area contributed by atoms with Crippen molar-refractivity contribution in [1.29, 1.82) is 0 Å². The van der Waals surface area contributed by atoms with E-state index in [0.29, 0.717) is 12.8 Å². The molecule has 4 nitrogen and oxygen atoms in total. The van der Waals surface area contributed by atoms with Crippen molar-refractivity contribution in [2.45, 2.75) is 238 Å². The summed E-state index contributed by atoms with van der Waals surface area (Å²) in [5, 5.41) is 23.1. The molecule has 1 amide bonds. The highest BCUT2D eigenvalue weighted by Gasteiger charge is 2.19. The Morgan fingerprint density at radius 2 is 0.837 bits per heavy atom. The quantitative estimate of drug-likeness (QED) is 0.0445. The zero-order chi connectivity index (χ0) is 35.7. The molecule has 0 heterocycles. The Balaban J connectivity index is 3.55. The minimum atomic E-state index is -0.661. The molecule has 0 spiro atoms. The molecule has 2 atom stereocenters. The normalized spacial score (nSPS) is 13.3. The third kappa shape index (κ3) is 37.7. The number of carbonyl (C=O) groups is 1. The van der Waals surface area contributed by atoms with Crippen molar-refractivity contribution in [3.8, 4) is 0 Å². The fraction of sp³-hybridized carbons (Fsp3) is 0.844. The summed E-state index contributed by atoms with van der Waals surface area (Å²) in [5.41, 5.74) is 0. The summed E-state index contributed by atoms with van der Waals surface area (Å²) in [6.07, 6.45) is 53.5. The van der Waals surface area contributed by atoms with E-state index in [-0.39, 0.29) is 12.5 Å². The molecule has 0 saturated heterocycles. The van der Waals surface area contributed by atoms with Crippen LogP contribution >= 0.6 is 0 Å². The van der Waals surface area contributed by atoms with Crippen LogP contribution in [0, 0.1) is 0 Å². The van der Waals surface area contributed by atoms with Crippen molar-refractivity contribution in [3.63, 3.8) is 0 Å². The van der Waals surface area contributed by atoms with E-state index in [1.54, 1.807) is 0 Å². The summed E-state index contributed by atoms with van der Waals surface area (Å²) in [5.74, 6) is -0.0389. The van der Waals surface area contributed by atoms with Gasteiger partial charge in [0.25, 0.3) is 0 Å². The molecule has 0 aliphatic rings. The van der Waals surface area contributed by atoms with E-state index in [1.807, 2.05) is 0 Å². The van der Waals surface area contributed by atoms with Crippen LogP contribution in [0.2, 0.25) is 0 Å². The number of allylic oxidation sites excluding steroid dienone is 6. The van der Waals surface area contributed by atoms with Gasteiger partial charge in [-0.1, -0.05) is 204 Å². The van der Waals surface area contributed by atoms with Crippen molar-refractivity contribution >= 4 is 5.91 Å². The Morgan fingerprint density at radius 1 is 0.490 bits per heavy atom. The molecule has 0 aromatic rings. The van der Waals surface area contributed by atoms with E-state index >= 15 is 0 Å². The topological polar surface area (TPSA) is 69.6 Å². The molecular formula is C45H85NO3. The van der Waals surface area contributed by atoms with Gasteiger partial charge in [-0.2, -0.15) is 0 Å². The number of hydrogen-bond acceptors (Lipinski definition) is 3. The van der Waals surface area contributed by atoms with Crippen molar-refractivity contribution in [1.82, 2.24) is 5.32 Å². The fourth-order valence-electron chi connectivity index (χ4n) is 6.54. The minimum Gasteiger partial charge on any atom is -0.394 e. The number of rotatable bonds is 39. The highest BCUT2D eigenvalue weighted by atomic mass is 16.3. The number of unbranched alkanes of at least 4 members (excludes halogenated alkanes) is 26. The SMILES string of the molecule is CCCCCCC/C=C\C/C=C\C/C=C\CCCCCCCCCCC(=O)NC(CO)C(O)CCCCCCCCCCCCCCCC. The maximum Gasteiger partial charge on any atom is 0.220 e. The molecular weight excluding hydrogens is 602 g/mol. The Bertz CT molecular complexity index is 746. The molecule has 0 saturated carbocycles. The van der Waals surface area contributed by atoms with Crippen molar-refractivity contribution < 1.29 is 15.0 Å². The first-order chi connectivity index (χ1) is 24.2. The van der Waals surface area contributed by atoms with Gasteiger partial charge < -0.3 is 15.5 Å². The maximum absolute atomic E-state index is 12.4. The predicted octanol–water partition coefficient (Wildman–Crippen LogP) is 13.4. The van der Waals surface area contributed by atoms with Crippen LogP contribution in [0.1, 0.15) is 226 Å². The molecule has 0 aliphatic carbocycles. The summed E-state index contributed by atoms with van der Waals surface area (Å²) in [6.45, 7) is 4.34. The summed E-state index contributed by atoms with van der Waals surface area (Å²) < 4.78 is 0. The van der Waals surface area contributed by atoms with E-state index in [9.17, 15) is 15.0 Å². The first-order valence-electron chi connectivity index (χ1n) is 21.7. The zero-order valence-electron chi connectivity index (χ0n) is 33.0. The standard InChI is InChI=1S/C45H85NO3/c1-3-5-7-9-11-13-15-17-19-20-21-22-23-24-25-26-27-29-31-33-35-37-39-41-45(49)46-43(42-47)44(48)40-38-36-34-32-30-28-18-16-14-12-10-8-6-4-2/h15,17,20-21,23-24,43-44,47-48H,3-14,16,18-19,22,25-42H2,1-2H3,(H,46,49)/b17-15-,21-20-,24-23-. The summed E-state index contributed by atoms with van der Waals surface area (Å²) in [7, 11) is 0. The number of nitrogens with one attached hydrogen (secondary N) is 1. The molecule has 0 aliphatic heterocycles. The van der Waals surface area contributed by atoms with E-state index < -0.39 is 12.1 Å². The maximum atomic E-state index is 12.4. The Kier molecular flexibility index (Phi) is 39.9. The van der Waals surface area contributed by atoms with Crippen LogP contribution in [0.4, 0.5) is 0 Å². The number of aliphatic hydroxyl groups is 2. The number of aliphatic hydroxyl groups excluding tert-OH is 2. The first-order valence-corrected chi connectivity index (χ1v) is 21.7. The van der Waals surface area contributed by atoms with Crippen LogP contribution in [0.5, 0.6) is 0 Å². The van der Waals surface area contributed by atoms with Crippen molar-refractivity contribution in [2.24, 2.45) is 0 Å². The molecule has 0 fully saturated rings. The summed E-state index contributed by atoms with van der Waals surface area (Å²) >= 11 is 0. The van der Waals surface area contributed by atoms with Gasteiger partial charge in [0, 0.05) is 6.42 Å². The van der Waals surface area contributed by atoms with Gasteiger partial charge in [-0.15, -0.1) is 0 Å². The van der Waals surface area contributed by atoms with Gasteiger partial charge in [0.15, 0.2) is 0 Å². The van der Waals surface area contributed by atoms with Crippen LogP contribution in [0.3, 0.4) is 0 Å². The van der Waals surface area contributed by atoms with Gasteiger partial charge in [0.05, 0.1) is 18.8 Å². The Labute approximate surface area is 306 Å². The molecule has 0 aromatic carbocycles. The monoisotopic (exact) mass is 688 g/mol. The molecule has 0 radical (unpaired) electrons. The lowest BCUT2D eigenvalue weighted by molar-refractivity contribution is -0.123. The lowest BCUT2D eigenvalue weighted by Crippen LogP contribution is -2.45. The molecule has 0 rings (SSSR count). The average Bonchev–Trinajstić information content (AvgIpc) is 3.10. The molecule has 4 heteroatoms. The van der Waals surface area contributed by atoms with E-state index in [0.717, 1.165) is 38.5 Å². The van der Waals surface area contributed by atoms with Crippen LogP contribution in [-0.4, -0.2) is 34.9 Å². The average molecular weight is 688 g/mol. The van der Waals surface area contributed by atoms with Gasteiger partial charge in [-0.05, 0) is 51.4 Å². The Hall–Kier alpha value is -1.39. The lowest BCUT2D eigenvalue weighted by Gasteiger charge is -2.22. The largest absolute Gasteiger partial charge is 0.394 e. The number of hydrogen-bond donors (Lipinski definition) is 3. The van der Waals surface area contributed by atoms with E-state index in [1.165, 1.54) is 161 Å². The second-order valence-corrected chi connectivity index (χ2v) is 14.8. The van der Waals surface area contributed by atoms with Crippen molar-refractivity contribution in [2.75, 3.05) is 6.61 Å². The van der Waals surface area contributed by atoms with Crippen molar-refractivity contribution in [3.05, 3.63) is 36.5 Å².